The van der Waals surface area contributed by atoms with Crippen molar-refractivity contribution in [3.63, 3.8) is 0 Å². The van der Waals surface area contributed by atoms with Crippen LogP contribution < -0.4 is 0 Å². The van der Waals surface area contributed by atoms with E-state index in [-0.39, 0.29) is 12.7 Å². The number of hydrogen-bond donors (Lipinski definition) is 1. The molecule has 1 rings (SSSR count). The van der Waals surface area contributed by atoms with Crippen molar-refractivity contribution in [2.45, 2.75) is 51.7 Å². The number of aliphatic hydroxyl groups is 1. The van der Waals surface area contributed by atoms with E-state index in [1.54, 1.807) is 7.11 Å². The van der Waals surface area contributed by atoms with Crippen LogP contribution in [0.2, 0.25) is 0 Å². The second-order valence-electron chi connectivity index (χ2n) is 5.46. The number of carbonyl (C=O) groups excluding carboxylic acids is 1. The zero-order valence-corrected chi connectivity index (χ0v) is 13.2. The number of rotatable bonds is 2. The quantitative estimate of drug-likeness (QED) is 0.628. The van der Waals surface area contributed by atoms with Crippen molar-refractivity contribution in [3.05, 3.63) is 35.5 Å². The average Bonchev–Trinajstić information content (AvgIpc) is 2.46. The number of allylic oxidation sites excluding steroid dienone is 4. The van der Waals surface area contributed by atoms with Crippen LogP contribution in [0.25, 0.3) is 0 Å². The fraction of sp³-hybridized carbons (Fsp3) is 0.588. The Morgan fingerprint density at radius 1 is 1.38 bits per heavy atom. The van der Waals surface area contributed by atoms with Crippen LogP contribution in [0.4, 0.5) is 0 Å². The fourth-order valence-corrected chi connectivity index (χ4v) is 2.13. The molecular weight excluding hydrogens is 268 g/mol. The lowest BCUT2D eigenvalue weighted by atomic mass is 10.1. The van der Waals surface area contributed by atoms with Gasteiger partial charge < -0.3 is 14.6 Å². The molecule has 0 aromatic heterocycles. The summed E-state index contributed by atoms with van der Waals surface area (Å²) in [6, 6.07) is 0. The predicted octanol–water partition coefficient (Wildman–Crippen LogP) is 2.93. The molecule has 0 unspecified atom stereocenters. The Balaban J connectivity index is 2.87. The van der Waals surface area contributed by atoms with Gasteiger partial charge in [-0.25, -0.2) is 4.79 Å². The van der Waals surface area contributed by atoms with Crippen molar-refractivity contribution < 1.29 is 19.4 Å². The van der Waals surface area contributed by atoms with E-state index in [4.69, 9.17) is 9.47 Å². The summed E-state index contributed by atoms with van der Waals surface area (Å²) in [4.78, 5) is 11.8. The van der Waals surface area contributed by atoms with Gasteiger partial charge in [-0.2, -0.15) is 0 Å². The molecule has 1 heterocycles. The normalized spacial score (nSPS) is 25.6. The van der Waals surface area contributed by atoms with Crippen molar-refractivity contribution in [2.75, 3.05) is 13.7 Å². The van der Waals surface area contributed by atoms with E-state index in [0.717, 1.165) is 24.8 Å². The molecule has 0 saturated carbocycles. The first-order valence-corrected chi connectivity index (χ1v) is 7.39. The lowest BCUT2D eigenvalue weighted by Crippen LogP contribution is -2.26. The standard InChI is InChI=1S/C17H26O4/c1-13-6-4-5-7-15(20-3)11-16(12-18)21-17(19)10-14(2)9-8-13/h5,7-8,10,15-16,18H,4,6,9,11-12H2,1-3H3/t15-,16-/m1/s1. The van der Waals surface area contributed by atoms with Crippen LogP contribution in [0, 0.1) is 0 Å². The minimum Gasteiger partial charge on any atom is -0.457 e. The first-order valence-electron chi connectivity index (χ1n) is 7.39. The molecule has 1 aliphatic heterocycles. The van der Waals surface area contributed by atoms with Crippen molar-refractivity contribution in [1.29, 1.82) is 0 Å². The second kappa shape index (κ2) is 9.53. The Kier molecular flexibility index (Phi) is 8.01. The van der Waals surface area contributed by atoms with Crippen molar-refractivity contribution in [3.8, 4) is 0 Å². The lowest BCUT2D eigenvalue weighted by molar-refractivity contribution is -0.146. The van der Waals surface area contributed by atoms with Gasteiger partial charge in [-0.15, -0.1) is 0 Å². The monoisotopic (exact) mass is 294 g/mol. The number of hydrogen-bond acceptors (Lipinski definition) is 4. The first-order chi connectivity index (χ1) is 10.0. The zero-order chi connectivity index (χ0) is 15.7. The van der Waals surface area contributed by atoms with Crippen LogP contribution in [0.5, 0.6) is 0 Å². The number of aliphatic hydroxyl groups excluding tert-OH is 1. The Bertz CT molecular complexity index is 421. The van der Waals surface area contributed by atoms with E-state index >= 15 is 0 Å². The summed E-state index contributed by atoms with van der Waals surface area (Å²) in [5.74, 6) is -0.409. The highest BCUT2D eigenvalue weighted by atomic mass is 16.6. The predicted molar refractivity (Wildman–Crippen MR) is 82.9 cm³/mol. The van der Waals surface area contributed by atoms with Gasteiger partial charge in [0.2, 0.25) is 0 Å². The van der Waals surface area contributed by atoms with Crippen molar-refractivity contribution in [1.82, 2.24) is 0 Å². The number of esters is 1. The topological polar surface area (TPSA) is 55.8 Å². The van der Waals surface area contributed by atoms with Crippen LogP contribution in [0.1, 0.15) is 39.5 Å². The molecule has 2 atom stereocenters. The number of methoxy groups -OCH3 is 1. The molecular formula is C17H26O4. The molecule has 0 aliphatic carbocycles. The molecule has 118 valence electrons. The zero-order valence-electron chi connectivity index (χ0n) is 13.2. The third-order valence-corrected chi connectivity index (χ3v) is 3.48. The molecule has 0 spiro atoms. The van der Waals surface area contributed by atoms with Gasteiger partial charge in [-0.1, -0.05) is 29.4 Å². The summed E-state index contributed by atoms with van der Waals surface area (Å²) in [5, 5.41) is 9.34. The lowest BCUT2D eigenvalue weighted by Gasteiger charge is -2.19. The molecule has 0 aromatic carbocycles. The minimum atomic E-state index is -0.545. The third kappa shape index (κ3) is 7.25. The van der Waals surface area contributed by atoms with Gasteiger partial charge in [0, 0.05) is 19.6 Å². The maximum absolute atomic E-state index is 11.8. The van der Waals surface area contributed by atoms with E-state index in [1.807, 2.05) is 13.0 Å². The van der Waals surface area contributed by atoms with E-state index in [2.05, 4.69) is 19.1 Å². The number of carbonyl (C=O) groups is 1. The Morgan fingerprint density at radius 3 is 2.81 bits per heavy atom. The van der Waals surface area contributed by atoms with E-state index in [1.165, 1.54) is 11.6 Å². The molecule has 21 heavy (non-hydrogen) atoms. The summed E-state index contributed by atoms with van der Waals surface area (Å²) >= 11 is 0. The Morgan fingerprint density at radius 2 is 2.14 bits per heavy atom. The maximum Gasteiger partial charge on any atom is 0.331 e. The van der Waals surface area contributed by atoms with Gasteiger partial charge in [0.15, 0.2) is 0 Å². The fourth-order valence-electron chi connectivity index (χ4n) is 2.13. The summed E-state index contributed by atoms with van der Waals surface area (Å²) in [6.07, 6.45) is 10.1. The van der Waals surface area contributed by atoms with Gasteiger partial charge in [-0.3, -0.25) is 0 Å². The van der Waals surface area contributed by atoms with E-state index in [9.17, 15) is 9.90 Å². The summed E-state index contributed by atoms with van der Waals surface area (Å²) in [6.45, 7) is 3.80. The molecule has 4 nitrogen and oxygen atoms in total. The summed E-state index contributed by atoms with van der Waals surface area (Å²) in [5.41, 5.74) is 2.26. The molecule has 0 saturated heterocycles. The van der Waals surface area contributed by atoms with Gasteiger partial charge in [0.25, 0.3) is 0 Å². The largest absolute Gasteiger partial charge is 0.457 e. The third-order valence-electron chi connectivity index (χ3n) is 3.48. The van der Waals surface area contributed by atoms with E-state index in [0.29, 0.717) is 6.42 Å². The van der Waals surface area contributed by atoms with Crippen LogP contribution in [0.15, 0.2) is 35.5 Å². The molecule has 0 bridgehead atoms. The Hall–Kier alpha value is -1.39. The first kappa shape index (κ1) is 17.7. The van der Waals surface area contributed by atoms with Crippen LogP contribution in [-0.4, -0.2) is 37.0 Å². The van der Waals surface area contributed by atoms with E-state index < -0.39 is 12.1 Å². The second-order valence-corrected chi connectivity index (χ2v) is 5.46. The molecule has 0 aromatic rings. The van der Waals surface area contributed by atoms with Crippen LogP contribution >= 0.6 is 0 Å². The number of cyclic esters (lactones) is 1. The van der Waals surface area contributed by atoms with Gasteiger partial charge in [0.05, 0.1) is 12.7 Å². The summed E-state index contributed by atoms with van der Waals surface area (Å²) in [7, 11) is 1.61. The highest BCUT2D eigenvalue weighted by molar-refractivity contribution is 5.82. The molecule has 4 heteroatoms. The van der Waals surface area contributed by atoms with Crippen molar-refractivity contribution in [2.24, 2.45) is 0 Å². The van der Waals surface area contributed by atoms with Gasteiger partial charge in [-0.05, 0) is 33.1 Å². The number of ether oxygens (including phenoxy) is 2. The maximum atomic E-state index is 11.8. The average molecular weight is 294 g/mol. The molecule has 0 amide bonds. The summed E-state index contributed by atoms with van der Waals surface area (Å²) < 4.78 is 10.6. The molecule has 0 radical (unpaired) electrons. The highest BCUT2D eigenvalue weighted by Gasteiger charge is 2.17. The minimum absolute atomic E-state index is 0.160. The highest BCUT2D eigenvalue weighted by Crippen LogP contribution is 2.14. The smallest absolute Gasteiger partial charge is 0.331 e. The Labute approximate surface area is 127 Å². The van der Waals surface area contributed by atoms with Gasteiger partial charge >= 0.3 is 5.97 Å². The van der Waals surface area contributed by atoms with Crippen molar-refractivity contribution >= 4 is 5.97 Å². The molecule has 1 aliphatic rings. The van der Waals surface area contributed by atoms with Crippen LogP contribution in [0.3, 0.4) is 0 Å². The molecule has 1 N–H and O–H groups in total. The SMILES string of the molecule is CO[C@@H]1C=CCCC(C)=CCC(C)=CC(=O)O[C@@H](CO)C1. The van der Waals surface area contributed by atoms with Gasteiger partial charge in [0.1, 0.15) is 6.10 Å². The molecule has 0 fully saturated rings. The van der Waals surface area contributed by atoms with Crippen LogP contribution in [-0.2, 0) is 14.3 Å².